The molecule has 19 heavy (non-hydrogen) atoms. The fourth-order valence-corrected chi connectivity index (χ4v) is 1.93. The molecule has 0 aliphatic carbocycles. The van der Waals surface area contributed by atoms with Crippen LogP contribution in [0.1, 0.15) is 25.5 Å². The van der Waals surface area contributed by atoms with Crippen molar-refractivity contribution in [1.29, 1.82) is 0 Å². The molecule has 3 heteroatoms. The van der Waals surface area contributed by atoms with Crippen LogP contribution in [0.2, 0.25) is 0 Å². The van der Waals surface area contributed by atoms with Crippen molar-refractivity contribution in [3.05, 3.63) is 60.4 Å². The highest BCUT2D eigenvalue weighted by Gasteiger charge is 2.12. The summed E-state index contributed by atoms with van der Waals surface area (Å²) in [5, 5.41) is 7.76. The first-order chi connectivity index (χ1) is 9.27. The third-order valence-electron chi connectivity index (χ3n) is 3.33. The highest BCUT2D eigenvalue weighted by Crippen LogP contribution is 2.08. The Labute approximate surface area is 115 Å². The van der Waals surface area contributed by atoms with E-state index in [2.05, 4.69) is 60.7 Å². The number of aromatic nitrogens is 2. The van der Waals surface area contributed by atoms with Gasteiger partial charge in [-0.15, -0.1) is 0 Å². The standard InChI is InChI=1S/C16H21N3/c1-14(15(2)19-13-7-12-18-19)17-11-6-10-16-8-4-3-5-9-16/h3-10,12-15,17H,11H2,1-2H3/b10-6+/t14-,15-/m0/s1. The van der Waals surface area contributed by atoms with Crippen molar-refractivity contribution in [2.75, 3.05) is 6.54 Å². The van der Waals surface area contributed by atoms with E-state index in [9.17, 15) is 0 Å². The van der Waals surface area contributed by atoms with Crippen LogP contribution >= 0.6 is 0 Å². The topological polar surface area (TPSA) is 29.9 Å². The second-order valence-electron chi connectivity index (χ2n) is 4.74. The van der Waals surface area contributed by atoms with Crippen LogP contribution in [0, 0.1) is 0 Å². The van der Waals surface area contributed by atoms with E-state index in [1.807, 2.05) is 29.2 Å². The third-order valence-corrected chi connectivity index (χ3v) is 3.33. The second-order valence-corrected chi connectivity index (χ2v) is 4.74. The summed E-state index contributed by atoms with van der Waals surface area (Å²) in [7, 11) is 0. The molecule has 1 aromatic carbocycles. The maximum Gasteiger partial charge on any atom is 0.0641 e. The van der Waals surface area contributed by atoms with E-state index in [4.69, 9.17) is 0 Å². The summed E-state index contributed by atoms with van der Waals surface area (Å²) < 4.78 is 1.98. The van der Waals surface area contributed by atoms with Crippen LogP contribution in [0.4, 0.5) is 0 Å². The Balaban J connectivity index is 1.78. The van der Waals surface area contributed by atoms with E-state index >= 15 is 0 Å². The van der Waals surface area contributed by atoms with Gasteiger partial charge in [0.2, 0.25) is 0 Å². The van der Waals surface area contributed by atoms with Gasteiger partial charge in [-0.1, -0.05) is 42.5 Å². The molecule has 0 spiro atoms. The Bertz CT molecular complexity index is 488. The normalized spacial score (nSPS) is 14.6. The lowest BCUT2D eigenvalue weighted by Gasteiger charge is -2.21. The van der Waals surface area contributed by atoms with Crippen molar-refractivity contribution in [1.82, 2.24) is 15.1 Å². The summed E-state index contributed by atoms with van der Waals surface area (Å²) in [6, 6.07) is 13.0. The van der Waals surface area contributed by atoms with E-state index in [-0.39, 0.29) is 0 Å². The number of benzene rings is 1. The van der Waals surface area contributed by atoms with Crippen LogP contribution in [-0.4, -0.2) is 22.4 Å². The van der Waals surface area contributed by atoms with Gasteiger partial charge in [0.25, 0.3) is 0 Å². The molecule has 1 heterocycles. The molecule has 0 saturated heterocycles. The fraction of sp³-hybridized carbons (Fsp3) is 0.312. The Morgan fingerprint density at radius 2 is 2.00 bits per heavy atom. The minimum Gasteiger partial charge on any atom is -0.309 e. The zero-order valence-corrected chi connectivity index (χ0v) is 11.5. The van der Waals surface area contributed by atoms with Gasteiger partial charge in [-0.2, -0.15) is 5.10 Å². The predicted molar refractivity (Wildman–Crippen MR) is 79.9 cm³/mol. The zero-order chi connectivity index (χ0) is 13.5. The molecule has 0 saturated carbocycles. The SMILES string of the molecule is C[C@H](NC/C=C/c1ccccc1)[C@H](C)n1cccn1. The molecule has 100 valence electrons. The van der Waals surface area contributed by atoms with Crippen molar-refractivity contribution in [2.24, 2.45) is 0 Å². The van der Waals surface area contributed by atoms with E-state index < -0.39 is 0 Å². The number of rotatable bonds is 6. The Hall–Kier alpha value is -1.87. The van der Waals surface area contributed by atoms with Gasteiger partial charge in [0, 0.05) is 25.0 Å². The van der Waals surface area contributed by atoms with E-state index in [0.29, 0.717) is 12.1 Å². The maximum absolute atomic E-state index is 4.27. The summed E-state index contributed by atoms with van der Waals surface area (Å²) in [5.41, 5.74) is 1.23. The van der Waals surface area contributed by atoms with Crippen molar-refractivity contribution in [2.45, 2.75) is 25.9 Å². The van der Waals surface area contributed by atoms with Gasteiger partial charge in [0.05, 0.1) is 6.04 Å². The number of hydrogen-bond donors (Lipinski definition) is 1. The smallest absolute Gasteiger partial charge is 0.0641 e. The molecule has 1 N–H and O–H groups in total. The first-order valence-electron chi connectivity index (χ1n) is 6.71. The number of hydrogen-bond acceptors (Lipinski definition) is 2. The molecule has 0 amide bonds. The van der Waals surface area contributed by atoms with Crippen molar-refractivity contribution < 1.29 is 0 Å². The van der Waals surface area contributed by atoms with Crippen molar-refractivity contribution in [3.63, 3.8) is 0 Å². The molecule has 0 radical (unpaired) electrons. The van der Waals surface area contributed by atoms with Gasteiger partial charge in [-0.05, 0) is 25.5 Å². The molecule has 2 rings (SSSR count). The number of nitrogens with zero attached hydrogens (tertiary/aromatic N) is 2. The van der Waals surface area contributed by atoms with Crippen LogP contribution in [0.25, 0.3) is 6.08 Å². The molecule has 0 aliphatic heterocycles. The Kier molecular flexibility index (Phi) is 4.93. The largest absolute Gasteiger partial charge is 0.309 e. The monoisotopic (exact) mass is 255 g/mol. The van der Waals surface area contributed by atoms with Gasteiger partial charge >= 0.3 is 0 Å². The minimum absolute atomic E-state index is 0.347. The van der Waals surface area contributed by atoms with E-state index in [1.165, 1.54) is 5.56 Å². The van der Waals surface area contributed by atoms with Crippen molar-refractivity contribution in [3.8, 4) is 0 Å². The summed E-state index contributed by atoms with van der Waals surface area (Å²) in [6.45, 7) is 5.22. The summed E-state index contributed by atoms with van der Waals surface area (Å²) in [6.07, 6.45) is 8.11. The van der Waals surface area contributed by atoms with Gasteiger partial charge in [0.15, 0.2) is 0 Å². The third kappa shape index (κ3) is 4.07. The average Bonchev–Trinajstić information content (AvgIpc) is 2.98. The summed E-state index contributed by atoms with van der Waals surface area (Å²) >= 11 is 0. The Morgan fingerprint density at radius 1 is 1.21 bits per heavy atom. The van der Waals surface area contributed by atoms with E-state index in [1.54, 1.807) is 0 Å². The Morgan fingerprint density at radius 3 is 2.68 bits per heavy atom. The molecular formula is C16H21N3. The molecule has 2 atom stereocenters. The summed E-state index contributed by atoms with van der Waals surface area (Å²) in [4.78, 5) is 0. The van der Waals surface area contributed by atoms with Crippen LogP contribution in [-0.2, 0) is 0 Å². The number of nitrogens with one attached hydrogen (secondary N) is 1. The molecular weight excluding hydrogens is 234 g/mol. The van der Waals surface area contributed by atoms with Crippen LogP contribution in [0.15, 0.2) is 54.9 Å². The second kappa shape index (κ2) is 6.90. The first kappa shape index (κ1) is 13.6. The molecule has 3 nitrogen and oxygen atoms in total. The minimum atomic E-state index is 0.347. The average molecular weight is 255 g/mol. The highest BCUT2D eigenvalue weighted by molar-refractivity contribution is 5.48. The van der Waals surface area contributed by atoms with Gasteiger partial charge in [0.1, 0.15) is 0 Å². The zero-order valence-electron chi connectivity index (χ0n) is 11.5. The fourth-order valence-electron chi connectivity index (χ4n) is 1.93. The quantitative estimate of drug-likeness (QED) is 0.859. The van der Waals surface area contributed by atoms with Crippen LogP contribution in [0.3, 0.4) is 0 Å². The lowest BCUT2D eigenvalue weighted by molar-refractivity contribution is 0.376. The van der Waals surface area contributed by atoms with Gasteiger partial charge in [-0.3, -0.25) is 4.68 Å². The van der Waals surface area contributed by atoms with Crippen molar-refractivity contribution >= 4 is 6.08 Å². The lowest BCUT2D eigenvalue weighted by atomic mass is 10.1. The van der Waals surface area contributed by atoms with Gasteiger partial charge in [-0.25, -0.2) is 0 Å². The summed E-state index contributed by atoms with van der Waals surface area (Å²) in [5.74, 6) is 0. The highest BCUT2D eigenvalue weighted by atomic mass is 15.3. The first-order valence-corrected chi connectivity index (χ1v) is 6.71. The molecule has 0 aliphatic rings. The predicted octanol–water partition coefficient (Wildman–Crippen LogP) is 3.14. The molecule has 0 unspecified atom stereocenters. The molecule has 0 bridgehead atoms. The lowest BCUT2D eigenvalue weighted by Crippen LogP contribution is -2.34. The maximum atomic E-state index is 4.27. The molecule has 1 aromatic heterocycles. The van der Waals surface area contributed by atoms with Crippen LogP contribution < -0.4 is 5.32 Å². The van der Waals surface area contributed by atoms with Gasteiger partial charge < -0.3 is 5.32 Å². The van der Waals surface area contributed by atoms with Crippen LogP contribution in [0.5, 0.6) is 0 Å². The molecule has 0 fully saturated rings. The molecule has 2 aromatic rings. The van der Waals surface area contributed by atoms with E-state index in [0.717, 1.165) is 6.54 Å².